The van der Waals surface area contributed by atoms with Crippen LogP contribution in [0.4, 0.5) is 0 Å². The molecule has 0 aliphatic heterocycles. The molecule has 0 aliphatic carbocycles. The maximum absolute atomic E-state index is 12.5. The highest BCUT2D eigenvalue weighted by Gasteiger charge is 2.12. The third kappa shape index (κ3) is 5.09. The van der Waals surface area contributed by atoms with Gasteiger partial charge >= 0.3 is 0 Å². The van der Waals surface area contributed by atoms with E-state index in [9.17, 15) is 4.79 Å². The largest absolute Gasteiger partial charge is 0.490 e. The fourth-order valence-corrected chi connectivity index (χ4v) is 2.71. The molecular formula is C21H24N4O3. The second-order valence-corrected chi connectivity index (χ2v) is 6.20. The van der Waals surface area contributed by atoms with Crippen molar-refractivity contribution in [2.75, 3.05) is 13.2 Å². The molecule has 3 aromatic rings. The van der Waals surface area contributed by atoms with Gasteiger partial charge in [-0.1, -0.05) is 6.07 Å². The number of carbonyl (C=O) groups excluding carboxylic acids is 1. The summed E-state index contributed by atoms with van der Waals surface area (Å²) in [6, 6.07) is 9.00. The van der Waals surface area contributed by atoms with Crippen LogP contribution in [0.5, 0.6) is 11.5 Å². The average Bonchev–Trinajstić information content (AvgIpc) is 3.12. The lowest BCUT2D eigenvalue weighted by Crippen LogP contribution is -2.26. The smallest absolute Gasteiger partial charge is 0.251 e. The van der Waals surface area contributed by atoms with Crippen molar-refractivity contribution in [3.05, 3.63) is 72.1 Å². The van der Waals surface area contributed by atoms with Crippen molar-refractivity contribution in [1.82, 2.24) is 19.9 Å². The molecule has 7 nitrogen and oxygen atoms in total. The molecule has 2 heterocycles. The zero-order valence-corrected chi connectivity index (χ0v) is 16.1. The van der Waals surface area contributed by atoms with Crippen LogP contribution in [0, 0.1) is 0 Å². The number of benzene rings is 1. The normalized spacial score (nSPS) is 10.5. The van der Waals surface area contributed by atoms with E-state index in [0.29, 0.717) is 43.2 Å². The SMILES string of the molecule is CCOc1cc(C(=O)NCCc2nccn2C)ccc1OCc1cccnc1. The van der Waals surface area contributed by atoms with E-state index in [1.54, 1.807) is 36.8 Å². The molecule has 0 aliphatic rings. The quantitative estimate of drug-likeness (QED) is 0.618. The summed E-state index contributed by atoms with van der Waals surface area (Å²) in [5.74, 6) is 1.90. The predicted molar refractivity (Wildman–Crippen MR) is 105 cm³/mol. The zero-order chi connectivity index (χ0) is 19.8. The third-order valence-corrected chi connectivity index (χ3v) is 4.18. The molecule has 146 valence electrons. The standard InChI is InChI=1S/C21H24N4O3/c1-3-27-19-13-17(21(26)24-10-8-20-23-11-12-25(20)2)6-7-18(19)28-15-16-5-4-9-22-14-16/h4-7,9,11-14H,3,8,10,15H2,1-2H3,(H,24,26). The minimum Gasteiger partial charge on any atom is -0.490 e. The molecule has 0 saturated heterocycles. The van der Waals surface area contributed by atoms with Gasteiger partial charge in [0.2, 0.25) is 0 Å². The first kappa shape index (κ1) is 19.4. The topological polar surface area (TPSA) is 78.3 Å². The number of aromatic nitrogens is 3. The molecule has 1 N–H and O–H groups in total. The molecule has 7 heteroatoms. The molecule has 2 aromatic heterocycles. The Kier molecular flexibility index (Phi) is 6.62. The molecule has 0 radical (unpaired) electrons. The molecule has 28 heavy (non-hydrogen) atoms. The number of rotatable bonds is 9. The summed E-state index contributed by atoms with van der Waals surface area (Å²) >= 11 is 0. The Hall–Kier alpha value is -3.35. The Morgan fingerprint density at radius 2 is 2.07 bits per heavy atom. The van der Waals surface area contributed by atoms with Gasteiger partial charge in [0.25, 0.3) is 5.91 Å². The maximum atomic E-state index is 12.5. The van der Waals surface area contributed by atoms with Crippen LogP contribution in [-0.2, 0) is 20.1 Å². The molecule has 0 bridgehead atoms. The van der Waals surface area contributed by atoms with Crippen LogP contribution in [0.15, 0.2) is 55.1 Å². The summed E-state index contributed by atoms with van der Waals surface area (Å²) in [6.45, 7) is 3.26. The Morgan fingerprint density at radius 3 is 2.79 bits per heavy atom. The first-order valence-electron chi connectivity index (χ1n) is 9.20. The highest BCUT2D eigenvalue weighted by atomic mass is 16.5. The van der Waals surface area contributed by atoms with Crippen LogP contribution in [-0.4, -0.2) is 33.6 Å². The number of hydrogen-bond acceptors (Lipinski definition) is 5. The van der Waals surface area contributed by atoms with Gasteiger partial charge in [-0.15, -0.1) is 0 Å². The lowest BCUT2D eigenvalue weighted by Gasteiger charge is -2.13. The molecule has 0 spiro atoms. The highest BCUT2D eigenvalue weighted by molar-refractivity contribution is 5.94. The monoisotopic (exact) mass is 380 g/mol. The average molecular weight is 380 g/mol. The van der Waals surface area contributed by atoms with Crippen molar-refractivity contribution < 1.29 is 14.3 Å². The lowest BCUT2D eigenvalue weighted by atomic mass is 10.2. The van der Waals surface area contributed by atoms with Crippen LogP contribution in [0.1, 0.15) is 28.7 Å². The Balaban J connectivity index is 1.62. The lowest BCUT2D eigenvalue weighted by molar-refractivity contribution is 0.0953. The van der Waals surface area contributed by atoms with Crippen LogP contribution in [0.3, 0.4) is 0 Å². The minimum absolute atomic E-state index is 0.158. The van der Waals surface area contributed by atoms with Crippen LogP contribution in [0.2, 0.25) is 0 Å². The maximum Gasteiger partial charge on any atom is 0.251 e. The van der Waals surface area contributed by atoms with Gasteiger partial charge < -0.3 is 19.4 Å². The van der Waals surface area contributed by atoms with Crippen LogP contribution < -0.4 is 14.8 Å². The number of hydrogen-bond donors (Lipinski definition) is 1. The summed E-state index contributed by atoms with van der Waals surface area (Å²) in [4.78, 5) is 20.8. The number of carbonyl (C=O) groups is 1. The molecule has 0 saturated carbocycles. The summed E-state index contributed by atoms with van der Waals surface area (Å²) in [5, 5.41) is 2.91. The minimum atomic E-state index is -0.158. The summed E-state index contributed by atoms with van der Waals surface area (Å²) in [5.41, 5.74) is 1.48. The number of imidazole rings is 1. The van der Waals surface area contributed by atoms with Crippen LogP contribution in [0.25, 0.3) is 0 Å². The molecule has 1 amide bonds. The van der Waals surface area contributed by atoms with Gasteiger partial charge in [0.1, 0.15) is 12.4 Å². The van der Waals surface area contributed by atoms with Crippen molar-refractivity contribution in [3.63, 3.8) is 0 Å². The number of aryl methyl sites for hydroxylation is 1. The van der Waals surface area contributed by atoms with Crippen LogP contribution >= 0.6 is 0 Å². The van der Waals surface area contributed by atoms with E-state index in [-0.39, 0.29) is 5.91 Å². The van der Waals surface area contributed by atoms with E-state index in [0.717, 1.165) is 11.4 Å². The van der Waals surface area contributed by atoms with Crippen molar-refractivity contribution in [2.24, 2.45) is 7.05 Å². The van der Waals surface area contributed by atoms with Crippen molar-refractivity contribution in [2.45, 2.75) is 20.0 Å². The van der Waals surface area contributed by atoms with Crippen molar-refractivity contribution in [1.29, 1.82) is 0 Å². The molecule has 1 aromatic carbocycles. The van der Waals surface area contributed by atoms with Gasteiger partial charge in [-0.2, -0.15) is 0 Å². The van der Waals surface area contributed by atoms with E-state index in [4.69, 9.17) is 9.47 Å². The second-order valence-electron chi connectivity index (χ2n) is 6.20. The zero-order valence-electron chi connectivity index (χ0n) is 16.1. The van der Waals surface area contributed by atoms with E-state index in [1.807, 2.05) is 36.9 Å². The molecule has 0 fully saturated rings. The molecule has 0 atom stereocenters. The summed E-state index contributed by atoms with van der Waals surface area (Å²) < 4.78 is 13.4. The Morgan fingerprint density at radius 1 is 1.18 bits per heavy atom. The number of nitrogens with one attached hydrogen (secondary N) is 1. The van der Waals surface area contributed by atoms with Gasteiger partial charge in [-0.05, 0) is 31.2 Å². The van der Waals surface area contributed by atoms with Gasteiger partial charge in [-0.25, -0.2) is 4.98 Å². The van der Waals surface area contributed by atoms with Gasteiger partial charge in [0.15, 0.2) is 11.5 Å². The fourth-order valence-electron chi connectivity index (χ4n) is 2.71. The number of amides is 1. The predicted octanol–water partition coefficient (Wildman–Crippen LogP) is 2.77. The first-order chi connectivity index (χ1) is 13.7. The molecular weight excluding hydrogens is 356 g/mol. The van der Waals surface area contributed by atoms with Gasteiger partial charge in [0.05, 0.1) is 6.61 Å². The Labute approximate surface area is 164 Å². The van der Waals surface area contributed by atoms with E-state index < -0.39 is 0 Å². The highest BCUT2D eigenvalue weighted by Crippen LogP contribution is 2.29. The molecule has 3 rings (SSSR count). The number of nitrogens with zero attached hydrogens (tertiary/aromatic N) is 3. The van der Waals surface area contributed by atoms with E-state index in [2.05, 4.69) is 15.3 Å². The third-order valence-electron chi connectivity index (χ3n) is 4.18. The van der Waals surface area contributed by atoms with Gasteiger partial charge in [-0.3, -0.25) is 9.78 Å². The Bertz CT molecular complexity index is 909. The number of ether oxygens (including phenoxy) is 2. The fraction of sp³-hybridized carbons (Fsp3) is 0.286. The van der Waals surface area contributed by atoms with E-state index in [1.165, 1.54) is 0 Å². The summed E-state index contributed by atoms with van der Waals surface area (Å²) in [7, 11) is 1.93. The van der Waals surface area contributed by atoms with E-state index >= 15 is 0 Å². The number of pyridine rings is 1. The van der Waals surface area contributed by atoms with Crippen molar-refractivity contribution >= 4 is 5.91 Å². The summed E-state index contributed by atoms with van der Waals surface area (Å²) in [6.07, 6.45) is 7.77. The molecule has 0 unspecified atom stereocenters. The first-order valence-corrected chi connectivity index (χ1v) is 9.20. The second kappa shape index (κ2) is 9.55. The van der Waals surface area contributed by atoms with Gasteiger partial charge in [0, 0.05) is 55.9 Å². The van der Waals surface area contributed by atoms with Crippen molar-refractivity contribution in [3.8, 4) is 11.5 Å².